The van der Waals surface area contributed by atoms with Crippen LogP contribution in [0.1, 0.15) is 12.7 Å². The summed E-state index contributed by atoms with van der Waals surface area (Å²) in [6, 6.07) is 13.1. The number of thioether (sulfide) groups is 1. The van der Waals surface area contributed by atoms with Gasteiger partial charge in [-0.25, -0.2) is 9.97 Å². The largest absolute Gasteiger partial charge is 0.497 e. The van der Waals surface area contributed by atoms with Gasteiger partial charge in [0.1, 0.15) is 22.3 Å². The van der Waals surface area contributed by atoms with Gasteiger partial charge in [-0.1, -0.05) is 36.9 Å². The Morgan fingerprint density at radius 1 is 1.07 bits per heavy atom. The van der Waals surface area contributed by atoms with Crippen LogP contribution in [0.5, 0.6) is 11.5 Å². The maximum Gasteiger partial charge on any atom is 0.234 e. The number of para-hydroxylation sites is 1. The fraction of sp³-hybridized carbons (Fsp3) is 0.250. The Balaban J connectivity index is 1.74. The van der Waals surface area contributed by atoms with Gasteiger partial charge >= 0.3 is 0 Å². The SMILES string of the molecule is CCc1nc(SCC(=O)Nc2cc(OC)cc(OC)c2)c2ccccc2n1. The van der Waals surface area contributed by atoms with Crippen molar-refractivity contribution in [3.8, 4) is 11.5 Å². The second-order valence-electron chi connectivity index (χ2n) is 5.75. The Kier molecular flexibility index (Phi) is 6.13. The molecule has 0 atom stereocenters. The van der Waals surface area contributed by atoms with Gasteiger partial charge in [0, 0.05) is 35.7 Å². The van der Waals surface area contributed by atoms with Crippen LogP contribution in [-0.2, 0) is 11.2 Å². The number of anilines is 1. The molecule has 0 unspecified atom stereocenters. The maximum atomic E-state index is 12.4. The number of amides is 1. The standard InChI is InChI=1S/C20H21N3O3S/c1-4-18-22-17-8-6-5-7-16(17)20(23-18)27-12-19(24)21-13-9-14(25-2)11-15(10-13)26-3/h5-11H,4,12H2,1-3H3,(H,21,24). The van der Waals surface area contributed by atoms with Gasteiger partial charge in [-0.15, -0.1) is 0 Å². The lowest BCUT2D eigenvalue weighted by Crippen LogP contribution is -2.14. The van der Waals surface area contributed by atoms with E-state index in [-0.39, 0.29) is 11.7 Å². The number of methoxy groups -OCH3 is 2. The van der Waals surface area contributed by atoms with Crippen LogP contribution in [0.3, 0.4) is 0 Å². The summed E-state index contributed by atoms with van der Waals surface area (Å²) >= 11 is 1.40. The molecule has 7 heteroatoms. The number of carbonyl (C=O) groups is 1. The number of fused-ring (bicyclic) bond motifs is 1. The lowest BCUT2D eigenvalue weighted by molar-refractivity contribution is -0.113. The summed E-state index contributed by atoms with van der Waals surface area (Å²) in [5, 5.41) is 4.64. The molecule has 1 amide bonds. The van der Waals surface area contributed by atoms with Crippen molar-refractivity contribution in [1.82, 2.24) is 9.97 Å². The highest BCUT2D eigenvalue weighted by Crippen LogP contribution is 2.27. The molecule has 1 heterocycles. The Labute approximate surface area is 162 Å². The summed E-state index contributed by atoms with van der Waals surface area (Å²) in [4.78, 5) is 21.5. The summed E-state index contributed by atoms with van der Waals surface area (Å²) < 4.78 is 10.5. The minimum atomic E-state index is -0.129. The number of nitrogens with zero attached hydrogens (tertiary/aromatic N) is 2. The summed E-state index contributed by atoms with van der Waals surface area (Å²) in [7, 11) is 3.14. The van der Waals surface area contributed by atoms with Crippen molar-refractivity contribution in [2.45, 2.75) is 18.4 Å². The van der Waals surface area contributed by atoms with Crippen molar-refractivity contribution >= 4 is 34.3 Å². The van der Waals surface area contributed by atoms with Crippen molar-refractivity contribution in [3.05, 3.63) is 48.3 Å². The number of ether oxygens (including phenoxy) is 2. The first-order valence-corrected chi connectivity index (χ1v) is 9.53. The van der Waals surface area contributed by atoms with Crippen LogP contribution >= 0.6 is 11.8 Å². The van der Waals surface area contributed by atoms with Gasteiger partial charge in [-0.05, 0) is 6.07 Å². The second-order valence-corrected chi connectivity index (χ2v) is 6.72. The zero-order valence-corrected chi connectivity index (χ0v) is 16.3. The highest BCUT2D eigenvalue weighted by Gasteiger charge is 2.11. The molecule has 0 radical (unpaired) electrons. The van der Waals surface area contributed by atoms with E-state index in [2.05, 4.69) is 15.3 Å². The van der Waals surface area contributed by atoms with E-state index in [0.29, 0.717) is 17.2 Å². The van der Waals surface area contributed by atoms with E-state index in [4.69, 9.17) is 9.47 Å². The van der Waals surface area contributed by atoms with E-state index >= 15 is 0 Å². The third kappa shape index (κ3) is 4.68. The van der Waals surface area contributed by atoms with Crippen LogP contribution in [-0.4, -0.2) is 35.8 Å². The lowest BCUT2D eigenvalue weighted by atomic mass is 10.2. The molecule has 27 heavy (non-hydrogen) atoms. The predicted molar refractivity (Wildman–Crippen MR) is 108 cm³/mol. The van der Waals surface area contributed by atoms with Gasteiger partial charge in [-0.2, -0.15) is 0 Å². The number of carbonyl (C=O) groups excluding carboxylic acids is 1. The molecule has 3 rings (SSSR count). The van der Waals surface area contributed by atoms with Crippen LogP contribution in [0.2, 0.25) is 0 Å². The number of nitrogens with one attached hydrogen (secondary N) is 1. The smallest absolute Gasteiger partial charge is 0.234 e. The monoisotopic (exact) mass is 383 g/mol. The van der Waals surface area contributed by atoms with E-state index in [1.807, 2.05) is 31.2 Å². The molecule has 1 aromatic heterocycles. The molecule has 2 aromatic carbocycles. The fourth-order valence-electron chi connectivity index (χ4n) is 2.57. The van der Waals surface area contributed by atoms with E-state index in [0.717, 1.165) is 28.2 Å². The van der Waals surface area contributed by atoms with Gasteiger partial charge in [-0.3, -0.25) is 4.79 Å². The van der Waals surface area contributed by atoms with Crippen molar-refractivity contribution in [1.29, 1.82) is 0 Å². The molecule has 0 bridgehead atoms. The number of aromatic nitrogens is 2. The van der Waals surface area contributed by atoms with Crippen LogP contribution in [0.25, 0.3) is 10.9 Å². The molecular weight excluding hydrogens is 362 g/mol. The first-order chi connectivity index (χ1) is 13.1. The minimum Gasteiger partial charge on any atom is -0.497 e. The predicted octanol–water partition coefficient (Wildman–Crippen LogP) is 3.94. The molecule has 3 aromatic rings. The normalized spacial score (nSPS) is 10.6. The first kappa shape index (κ1) is 19.0. The van der Waals surface area contributed by atoms with Crippen molar-refractivity contribution in [2.24, 2.45) is 0 Å². The summed E-state index contributed by atoms with van der Waals surface area (Å²) in [6.07, 6.45) is 0.744. The second kappa shape index (κ2) is 8.73. The summed E-state index contributed by atoms with van der Waals surface area (Å²) in [5.74, 6) is 2.12. The van der Waals surface area contributed by atoms with Crippen molar-refractivity contribution < 1.29 is 14.3 Å². The Morgan fingerprint density at radius 3 is 2.44 bits per heavy atom. The molecule has 0 aliphatic heterocycles. The fourth-order valence-corrected chi connectivity index (χ4v) is 3.41. The average molecular weight is 383 g/mol. The maximum absolute atomic E-state index is 12.4. The number of aryl methyl sites for hydroxylation is 1. The number of hydrogen-bond acceptors (Lipinski definition) is 6. The van der Waals surface area contributed by atoms with Crippen LogP contribution in [0.15, 0.2) is 47.5 Å². The first-order valence-electron chi connectivity index (χ1n) is 8.54. The molecule has 1 N–H and O–H groups in total. The van der Waals surface area contributed by atoms with E-state index in [1.165, 1.54) is 11.8 Å². The van der Waals surface area contributed by atoms with Crippen molar-refractivity contribution in [3.63, 3.8) is 0 Å². The van der Waals surface area contributed by atoms with E-state index in [1.54, 1.807) is 32.4 Å². The summed E-state index contributed by atoms with van der Waals surface area (Å²) in [5.41, 5.74) is 1.52. The van der Waals surface area contributed by atoms with Gasteiger partial charge in [0.25, 0.3) is 0 Å². The Hall–Kier alpha value is -2.80. The molecule has 140 valence electrons. The zero-order chi connectivity index (χ0) is 19.2. The Morgan fingerprint density at radius 2 is 1.78 bits per heavy atom. The minimum absolute atomic E-state index is 0.129. The number of rotatable bonds is 7. The third-order valence-corrected chi connectivity index (χ3v) is 4.90. The molecule has 0 saturated heterocycles. The average Bonchev–Trinajstić information content (AvgIpc) is 2.71. The number of benzene rings is 2. The molecule has 0 spiro atoms. The molecule has 0 fully saturated rings. The zero-order valence-electron chi connectivity index (χ0n) is 15.5. The molecule has 0 aliphatic rings. The van der Waals surface area contributed by atoms with Crippen LogP contribution < -0.4 is 14.8 Å². The van der Waals surface area contributed by atoms with Gasteiger partial charge in [0.05, 0.1) is 25.5 Å². The summed E-state index contributed by atoms with van der Waals surface area (Å²) in [6.45, 7) is 2.02. The third-order valence-electron chi connectivity index (χ3n) is 3.91. The van der Waals surface area contributed by atoms with Gasteiger partial charge in [0.2, 0.25) is 5.91 Å². The van der Waals surface area contributed by atoms with E-state index in [9.17, 15) is 4.79 Å². The Bertz CT molecular complexity index is 940. The van der Waals surface area contributed by atoms with Gasteiger partial charge < -0.3 is 14.8 Å². The van der Waals surface area contributed by atoms with E-state index < -0.39 is 0 Å². The van der Waals surface area contributed by atoms with Gasteiger partial charge in [0.15, 0.2) is 0 Å². The molecule has 6 nitrogen and oxygen atoms in total. The van der Waals surface area contributed by atoms with Crippen LogP contribution in [0, 0.1) is 0 Å². The highest BCUT2D eigenvalue weighted by molar-refractivity contribution is 8.00. The highest BCUT2D eigenvalue weighted by atomic mass is 32.2. The lowest BCUT2D eigenvalue weighted by Gasteiger charge is -2.10. The van der Waals surface area contributed by atoms with Crippen LogP contribution in [0.4, 0.5) is 5.69 Å². The topological polar surface area (TPSA) is 73.3 Å². The molecular formula is C20H21N3O3S. The molecule has 0 aliphatic carbocycles. The number of hydrogen-bond donors (Lipinski definition) is 1. The van der Waals surface area contributed by atoms with Crippen molar-refractivity contribution in [2.75, 3.05) is 25.3 Å². The molecule has 0 saturated carbocycles. The quantitative estimate of drug-likeness (QED) is 0.492.